The average Bonchev–Trinajstić information content (AvgIpc) is 3.15. The summed E-state index contributed by atoms with van der Waals surface area (Å²) in [5, 5.41) is 8.12. The predicted octanol–water partition coefficient (Wildman–Crippen LogP) is 2.87. The van der Waals surface area contributed by atoms with Crippen molar-refractivity contribution < 1.29 is 0 Å². The Kier molecular flexibility index (Phi) is 3.57. The minimum absolute atomic E-state index is 0.680. The topological polar surface area (TPSA) is 42.7 Å². The average molecular weight is 270 g/mol. The third kappa shape index (κ3) is 2.61. The maximum Gasteiger partial charge on any atom is 0.158 e. The van der Waals surface area contributed by atoms with Gasteiger partial charge < -0.3 is 5.32 Å². The second kappa shape index (κ2) is 5.37. The van der Waals surface area contributed by atoms with Gasteiger partial charge in [-0.05, 0) is 50.9 Å². The number of aromatic nitrogens is 3. The van der Waals surface area contributed by atoms with Gasteiger partial charge in [-0.15, -0.1) is 0 Å². The van der Waals surface area contributed by atoms with Crippen LogP contribution in [-0.4, -0.2) is 21.3 Å². The van der Waals surface area contributed by atoms with Crippen molar-refractivity contribution in [2.24, 2.45) is 0 Å². The fourth-order valence-electron chi connectivity index (χ4n) is 2.55. The lowest BCUT2D eigenvalue weighted by molar-refractivity contribution is 0.702. The van der Waals surface area contributed by atoms with Crippen molar-refractivity contribution in [3.05, 3.63) is 40.8 Å². The molecule has 0 aromatic carbocycles. The third-order valence-electron chi connectivity index (χ3n) is 3.83. The number of aryl methyl sites for hydroxylation is 2. The second-order valence-corrected chi connectivity index (χ2v) is 5.62. The van der Waals surface area contributed by atoms with E-state index in [4.69, 9.17) is 10.1 Å². The summed E-state index contributed by atoms with van der Waals surface area (Å²) in [4.78, 5) is 4.71. The fourth-order valence-corrected chi connectivity index (χ4v) is 2.55. The van der Waals surface area contributed by atoms with Gasteiger partial charge in [0.05, 0.1) is 5.69 Å². The molecule has 4 heteroatoms. The zero-order valence-corrected chi connectivity index (χ0v) is 12.5. The molecule has 0 saturated heterocycles. The van der Waals surface area contributed by atoms with E-state index in [0.29, 0.717) is 5.92 Å². The molecule has 0 aliphatic heterocycles. The van der Waals surface area contributed by atoms with Gasteiger partial charge in [-0.1, -0.05) is 6.92 Å². The van der Waals surface area contributed by atoms with Crippen LogP contribution in [0.4, 0.5) is 0 Å². The minimum atomic E-state index is 0.680. The molecule has 2 aromatic rings. The van der Waals surface area contributed by atoms with Crippen molar-refractivity contribution in [2.75, 3.05) is 6.54 Å². The van der Waals surface area contributed by atoms with Crippen molar-refractivity contribution in [2.45, 2.75) is 46.1 Å². The molecule has 2 aromatic heterocycles. The van der Waals surface area contributed by atoms with E-state index in [1.54, 1.807) is 0 Å². The van der Waals surface area contributed by atoms with Crippen LogP contribution in [-0.2, 0) is 6.54 Å². The molecular weight excluding hydrogens is 248 g/mol. The van der Waals surface area contributed by atoms with Crippen molar-refractivity contribution in [1.82, 2.24) is 20.1 Å². The molecule has 106 valence electrons. The van der Waals surface area contributed by atoms with Gasteiger partial charge in [0.15, 0.2) is 5.82 Å². The number of nitrogens with zero attached hydrogens (tertiary/aromatic N) is 3. The molecule has 3 rings (SSSR count). The van der Waals surface area contributed by atoms with E-state index >= 15 is 0 Å². The van der Waals surface area contributed by atoms with E-state index in [1.807, 2.05) is 17.8 Å². The zero-order valence-electron chi connectivity index (χ0n) is 12.5. The van der Waals surface area contributed by atoms with Crippen molar-refractivity contribution in [3.8, 4) is 5.82 Å². The molecule has 0 amide bonds. The summed E-state index contributed by atoms with van der Waals surface area (Å²) in [6, 6.07) is 4.27. The predicted molar refractivity (Wildman–Crippen MR) is 80.2 cm³/mol. The first-order chi connectivity index (χ1) is 9.69. The molecule has 4 nitrogen and oxygen atoms in total. The monoisotopic (exact) mass is 270 g/mol. The highest BCUT2D eigenvalue weighted by Crippen LogP contribution is 2.39. The van der Waals surface area contributed by atoms with Gasteiger partial charge in [0.1, 0.15) is 0 Å². The van der Waals surface area contributed by atoms with Crippen molar-refractivity contribution in [1.29, 1.82) is 0 Å². The molecule has 0 bridgehead atoms. The van der Waals surface area contributed by atoms with E-state index in [2.05, 4.69) is 31.3 Å². The third-order valence-corrected chi connectivity index (χ3v) is 3.83. The highest BCUT2D eigenvalue weighted by Gasteiger charge is 2.26. The van der Waals surface area contributed by atoms with Gasteiger partial charge >= 0.3 is 0 Å². The number of hydrogen-bond acceptors (Lipinski definition) is 3. The standard InChI is InChI=1S/C16H22N4/c1-4-17-10-14-11(2)9-12(3)18-16(14)20-8-7-15(19-20)13-5-6-13/h7-9,13,17H,4-6,10H2,1-3H3. The van der Waals surface area contributed by atoms with Gasteiger partial charge in [0.2, 0.25) is 0 Å². The van der Waals surface area contributed by atoms with Crippen LogP contribution in [0.3, 0.4) is 0 Å². The lowest BCUT2D eigenvalue weighted by atomic mass is 10.1. The Balaban J connectivity index is 2.00. The lowest BCUT2D eigenvalue weighted by Crippen LogP contribution is -2.17. The summed E-state index contributed by atoms with van der Waals surface area (Å²) in [5.74, 6) is 1.65. The van der Waals surface area contributed by atoms with Gasteiger partial charge in [-0.25, -0.2) is 9.67 Å². The van der Waals surface area contributed by atoms with Gasteiger partial charge in [-0.2, -0.15) is 5.10 Å². The van der Waals surface area contributed by atoms with Crippen LogP contribution >= 0.6 is 0 Å². The number of pyridine rings is 1. The van der Waals surface area contributed by atoms with Crippen LogP contribution in [0.2, 0.25) is 0 Å². The Morgan fingerprint density at radius 2 is 2.15 bits per heavy atom. The molecule has 0 atom stereocenters. The molecule has 1 aliphatic rings. The Labute approximate surface area is 120 Å². The van der Waals surface area contributed by atoms with Crippen LogP contribution in [0.5, 0.6) is 0 Å². The summed E-state index contributed by atoms with van der Waals surface area (Å²) >= 11 is 0. The van der Waals surface area contributed by atoms with Crippen LogP contribution in [0.15, 0.2) is 18.3 Å². The molecular formula is C16H22N4. The summed E-state index contributed by atoms with van der Waals surface area (Å²) in [6.45, 7) is 8.10. The first kappa shape index (κ1) is 13.3. The lowest BCUT2D eigenvalue weighted by Gasteiger charge is -2.13. The van der Waals surface area contributed by atoms with Gasteiger partial charge in [0.25, 0.3) is 0 Å². The Morgan fingerprint density at radius 1 is 1.35 bits per heavy atom. The quantitative estimate of drug-likeness (QED) is 0.908. The fraction of sp³-hybridized carbons (Fsp3) is 0.500. The highest BCUT2D eigenvalue weighted by molar-refractivity contribution is 5.41. The van der Waals surface area contributed by atoms with Crippen LogP contribution in [0.25, 0.3) is 5.82 Å². The maximum absolute atomic E-state index is 4.72. The molecule has 0 spiro atoms. The molecule has 0 radical (unpaired) electrons. The summed E-state index contributed by atoms with van der Waals surface area (Å²) in [6.07, 6.45) is 4.60. The Hall–Kier alpha value is -1.68. The van der Waals surface area contributed by atoms with Crippen molar-refractivity contribution in [3.63, 3.8) is 0 Å². The van der Waals surface area contributed by atoms with Crippen LogP contribution in [0.1, 0.15) is 48.2 Å². The largest absolute Gasteiger partial charge is 0.313 e. The molecule has 1 fully saturated rings. The second-order valence-electron chi connectivity index (χ2n) is 5.62. The maximum atomic E-state index is 4.72. The number of nitrogens with one attached hydrogen (secondary N) is 1. The molecule has 2 heterocycles. The molecule has 20 heavy (non-hydrogen) atoms. The normalized spacial score (nSPS) is 14.8. The van der Waals surface area contributed by atoms with E-state index < -0.39 is 0 Å². The smallest absolute Gasteiger partial charge is 0.158 e. The van der Waals surface area contributed by atoms with Gasteiger partial charge in [0, 0.05) is 29.9 Å². The molecule has 0 unspecified atom stereocenters. The summed E-state index contributed by atoms with van der Waals surface area (Å²) < 4.78 is 1.94. The van der Waals surface area contributed by atoms with E-state index in [1.165, 1.54) is 29.7 Å². The van der Waals surface area contributed by atoms with E-state index in [-0.39, 0.29) is 0 Å². The Morgan fingerprint density at radius 3 is 2.85 bits per heavy atom. The number of rotatable bonds is 5. The SMILES string of the molecule is CCNCc1c(C)cc(C)nc1-n1ccc(C2CC2)n1. The summed E-state index contributed by atoms with van der Waals surface area (Å²) in [7, 11) is 0. The van der Waals surface area contributed by atoms with E-state index in [9.17, 15) is 0 Å². The van der Waals surface area contributed by atoms with Gasteiger partial charge in [-0.3, -0.25) is 0 Å². The molecule has 1 N–H and O–H groups in total. The first-order valence-corrected chi connectivity index (χ1v) is 7.42. The Bertz CT molecular complexity index is 611. The van der Waals surface area contributed by atoms with E-state index in [0.717, 1.165) is 24.6 Å². The van der Waals surface area contributed by atoms with Crippen LogP contribution < -0.4 is 5.32 Å². The molecule has 1 saturated carbocycles. The zero-order chi connectivity index (χ0) is 14.1. The first-order valence-electron chi connectivity index (χ1n) is 7.42. The number of hydrogen-bond donors (Lipinski definition) is 1. The van der Waals surface area contributed by atoms with Crippen LogP contribution in [0, 0.1) is 13.8 Å². The minimum Gasteiger partial charge on any atom is -0.313 e. The summed E-state index contributed by atoms with van der Waals surface area (Å²) in [5.41, 5.74) is 4.77. The van der Waals surface area contributed by atoms with Crippen molar-refractivity contribution >= 4 is 0 Å². The molecule has 1 aliphatic carbocycles. The highest BCUT2D eigenvalue weighted by atomic mass is 15.3.